The van der Waals surface area contributed by atoms with Crippen LogP contribution >= 0.6 is 0 Å². The van der Waals surface area contributed by atoms with E-state index in [1.54, 1.807) is 0 Å². The van der Waals surface area contributed by atoms with Crippen molar-refractivity contribution in [2.45, 2.75) is 13.8 Å². The summed E-state index contributed by atoms with van der Waals surface area (Å²) in [5, 5.41) is 59.9. The van der Waals surface area contributed by atoms with E-state index in [4.69, 9.17) is 5.11 Å². The topological polar surface area (TPSA) is 213 Å². The lowest BCUT2D eigenvalue weighted by atomic mass is 10.1. The number of nitro benzene ring substituents is 4. The van der Waals surface area contributed by atoms with Crippen LogP contribution in [0.3, 0.4) is 0 Å². The number of benzene rings is 2. The molecule has 0 bridgehead atoms. The Morgan fingerprint density at radius 1 is 0.750 bits per heavy atom. The number of rotatable bonds is 4. The van der Waals surface area contributed by atoms with E-state index < -0.39 is 48.2 Å². The number of aryl methyl sites for hydroxylation is 1. The van der Waals surface area contributed by atoms with E-state index in [2.05, 4.69) is 0 Å². The molecule has 0 fully saturated rings. The van der Waals surface area contributed by atoms with Crippen LogP contribution in [-0.2, 0) is 0 Å². The van der Waals surface area contributed by atoms with Crippen molar-refractivity contribution in [3.8, 4) is 11.5 Å². The second kappa shape index (κ2) is 8.35. The SMILES string of the molecule is Cc1c(O)ccc([N+](=O)[O-])c1[N+](=O)[O-].Cc1cc([N+](=O)[O-])cc([N+](=O)[O-])c1O. The van der Waals surface area contributed by atoms with Crippen LogP contribution in [-0.4, -0.2) is 29.9 Å². The van der Waals surface area contributed by atoms with Gasteiger partial charge in [-0.2, -0.15) is 0 Å². The summed E-state index contributed by atoms with van der Waals surface area (Å²) >= 11 is 0. The van der Waals surface area contributed by atoms with Crippen molar-refractivity contribution in [1.29, 1.82) is 0 Å². The molecule has 14 nitrogen and oxygen atoms in total. The lowest BCUT2D eigenvalue weighted by Crippen LogP contribution is -1.98. The smallest absolute Gasteiger partial charge is 0.352 e. The fourth-order valence-electron chi connectivity index (χ4n) is 2.04. The first kappa shape index (κ1) is 21.7. The first-order chi connectivity index (χ1) is 12.9. The maximum Gasteiger partial charge on any atom is 0.352 e. The van der Waals surface area contributed by atoms with Gasteiger partial charge in [0.25, 0.3) is 5.69 Å². The van der Waals surface area contributed by atoms with Crippen LogP contribution in [0.15, 0.2) is 24.3 Å². The van der Waals surface area contributed by atoms with Gasteiger partial charge in [-0.25, -0.2) is 0 Å². The zero-order chi connectivity index (χ0) is 21.8. The summed E-state index contributed by atoms with van der Waals surface area (Å²) in [5.41, 5.74) is -2.36. The molecule has 148 valence electrons. The van der Waals surface area contributed by atoms with Crippen molar-refractivity contribution in [1.82, 2.24) is 0 Å². The largest absolute Gasteiger partial charge is 0.507 e. The molecule has 2 aromatic rings. The Hall–Kier alpha value is -4.36. The molecule has 14 heteroatoms. The van der Waals surface area contributed by atoms with Gasteiger partial charge >= 0.3 is 17.1 Å². The van der Waals surface area contributed by atoms with Crippen molar-refractivity contribution >= 4 is 22.7 Å². The summed E-state index contributed by atoms with van der Waals surface area (Å²) < 4.78 is 0. The molecule has 0 amide bonds. The Bertz CT molecular complexity index is 989. The summed E-state index contributed by atoms with van der Waals surface area (Å²) in [6, 6.07) is 3.76. The molecule has 0 unspecified atom stereocenters. The van der Waals surface area contributed by atoms with Crippen molar-refractivity contribution in [2.75, 3.05) is 0 Å². The van der Waals surface area contributed by atoms with Gasteiger partial charge in [0.15, 0.2) is 5.75 Å². The second-order valence-corrected chi connectivity index (χ2v) is 5.24. The molecular formula is C14H12N4O10. The predicted octanol–water partition coefficient (Wildman–Crippen LogP) is 3.03. The third-order valence-electron chi connectivity index (χ3n) is 3.43. The van der Waals surface area contributed by atoms with Gasteiger partial charge in [0, 0.05) is 17.7 Å². The molecule has 0 radical (unpaired) electrons. The number of nitro groups is 4. The lowest BCUT2D eigenvalue weighted by molar-refractivity contribution is -0.422. The van der Waals surface area contributed by atoms with Crippen LogP contribution in [0.5, 0.6) is 11.5 Å². The van der Waals surface area contributed by atoms with Gasteiger partial charge in [-0.15, -0.1) is 0 Å². The minimum atomic E-state index is -0.882. The molecule has 0 spiro atoms. The summed E-state index contributed by atoms with van der Waals surface area (Å²) in [6.45, 7) is 2.61. The van der Waals surface area contributed by atoms with E-state index in [9.17, 15) is 45.6 Å². The third kappa shape index (κ3) is 4.63. The molecule has 0 heterocycles. The van der Waals surface area contributed by atoms with Crippen molar-refractivity contribution in [3.63, 3.8) is 0 Å². The third-order valence-corrected chi connectivity index (χ3v) is 3.43. The van der Waals surface area contributed by atoms with Crippen molar-refractivity contribution in [3.05, 3.63) is 75.8 Å². The number of hydrogen-bond donors (Lipinski definition) is 2. The molecule has 2 rings (SSSR count). The van der Waals surface area contributed by atoms with Gasteiger partial charge in [0.1, 0.15) is 5.75 Å². The predicted molar refractivity (Wildman–Crippen MR) is 92.3 cm³/mol. The van der Waals surface area contributed by atoms with Crippen molar-refractivity contribution < 1.29 is 29.9 Å². The summed E-state index contributed by atoms with van der Waals surface area (Å²) in [4.78, 5) is 38.3. The number of hydrogen-bond acceptors (Lipinski definition) is 10. The molecular weight excluding hydrogens is 384 g/mol. The van der Waals surface area contributed by atoms with Crippen LogP contribution in [0.1, 0.15) is 11.1 Å². The number of phenolic OH excluding ortho intramolecular Hbond substituents is 2. The highest BCUT2D eigenvalue weighted by molar-refractivity contribution is 5.61. The summed E-state index contributed by atoms with van der Waals surface area (Å²) in [7, 11) is 0. The minimum Gasteiger partial charge on any atom is -0.507 e. The molecule has 28 heavy (non-hydrogen) atoms. The van der Waals surface area contributed by atoms with Crippen LogP contribution in [0.25, 0.3) is 0 Å². The average molecular weight is 396 g/mol. The highest BCUT2D eigenvalue weighted by Gasteiger charge is 2.28. The number of non-ortho nitro benzene ring substituents is 1. The normalized spacial score (nSPS) is 9.79. The quantitative estimate of drug-likeness (QED) is 0.568. The Morgan fingerprint density at radius 3 is 1.71 bits per heavy atom. The second-order valence-electron chi connectivity index (χ2n) is 5.24. The van der Waals surface area contributed by atoms with E-state index in [0.29, 0.717) is 0 Å². The van der Waals surface area contributed by atoms with E-state index >= 15 is 0 Å². The fraction of sp³-hybridized carbons (Fsp3) is 0.143. The molecule has 2 aromatic carbocycles. The molecule has 0 aliphatic carbocycles. The van der Waals surface area contributed by atoms with Gasteiger partial charge in [-0.1, -0.05) is 0 Å². The molecule has 0 aliphatic rings. The molecule has 0 saturated carbocycles. The van der Waals surface area contributed by atoms with Gasteiger partial charge in [-0.3, -0.25) is 40.5 Å². The average Bonchev–Trinajstić information content (AvgIpc) is 2.58. The lowest BCUT2D eigenvalue weighted by Gasteiger charge is -2.00. The van der Waals surface area contributed by atoms with Gasteiger partial charge < -0.3 is 10.2 Å². The maximum absolute atomic E-state index is 10.5. The standard InChI is InChI=1S/2C7H6N2O5/c1-4-2-5(8(11)12)3-6(7(4)10)9(13)14;1-4-6(10)3-2-5(8(11)12)7(4)9(13)14/h2*2-3,10H,1H3. The minimum absolute atomic E-state index is 0.103. The highest BCUT2D eigenvalue weighted by Crippen LogP contribution is 2.35. The number of phenols is 2. The summed E-state index contributed by atoms with van der Waals surface area (Å²) in [6.07, 6.45) is 0. The first-order valence-corrected chi connectivity index (χ1v) is 7.12. The fourth-order valence-corrected chi connectivity index (χ4v) is 2.04. The first-order valence-electron chi connectivity index (χ1n) is 7.12. The Kier molecular flexibility index (Phi) is 6.46. The number of nitrogens with zero attached hydrogens (tertiary/aromatic N) is 4. The van der Waals surface area contributed by atoms with Crippen LogP contribution in [0.4, 0.5) is 22.7 Å². The maximum atomic E-state index is 10.5. The zero-order valence-corrected chi connectivity index (χ0v) is 14.3. The van der Waals surface area contributed by atoms with Crippen LogP contribution < -0.4 is 0 Å². The molecule has 0 atom stereocenters. The highest BCUT2D eigenvalue weighted by atomic mass is 16.6. The Labute approximate surface area is 154 Å². The molecule has 2 N–H and O–H groups in total. The Balaban J connectivity index is 0.000000280. The monoisotopic (exact) mass is 396 g/mol. The number of aromatic hydroxyl groups is 2. The van der Waals surface area contributed by atoms with E-state index in [1.165, 1.54) is 13.8 Å². The van der Waals surface area contributed by atoms with E-state index in [-0.39, 0.29) is 16.9 Å². The van der Waals surface area contributed by atoms with Crippen LogP contribution in [0.2, 0.25) is 0 Å². The zero-order valence-electron chi connectivity index (χ0n) is 14.3. The van der Waals surface area contributed by atoms with Crippen LogP contribution in [0, 0.1) is 54.3 Å². The summed E-state index contributed by atoms with van der Waals surface area (Å²) in [5.74, 6) is -0.872. The van der Waals surface area contributed by atoms with Crippen molar-refractivity contribution in [2.24, 2.45) is 0 Å². The van der Waals surface area contributed by atoms with Gasteiger partial charge in [0.2, 0.25) is 0 Å². The molecule has 0 aromatic heterocycles. The van der Waals surface area contributed by atoms with Gasteiger partial charge in [-0.05, 0) is 19.9 Å². The molecule has 0 saturated heterocycles. The van der Waals surface area contributed by atoms with E-state index in [1.807, 2.05) is 0 Å². The van der Waals surface area contributed by atoms with E-state index in [0.717, 1.165) is 24.3 Å². The van der Waals surface area contributed by atoms with Gasteiger partial charge in [0.05, 0.1) is 31.3 Å². The molecule has 0 aliphatic heterocycles. The Morgan fingerprint density at radius 2 is 1.29 bits per heavy atom.